The molecule has 0 bridgehead atoms. The average Bonchev–Trinajstić information content (AvgIpc) is 2.46. The molecule has 0 fully saturated rings. The van der Waals surface area contributed by atoms with Crippen LogP contribution in [0.5, 0.6) is 0 Å². The molecule has 1 atom stereocenters. The van der Waals surface area contributed by atoms with E-state index in [1.165, 1.54) is 7.11 Å². The summed E-state index contributed by atoms with van der Waals surface area (Å²) in [4.78, 5) is 14.0. The third-order valence-corrected chi connectivity index (χ3v) is 3.93. The van der Waals surface area contributed by atoms with E-state index in [1.807, 2.05) is 0 Å². The van der Waals surface area contributed by atoms with Crippen molar-refractivity contribution < 1.29 is 9.53 Å². The number of benzene rings is 1. The lowest BCUT2D eigenvalue weighted by Crippen LogP contribution is -2.32. The fraction of sp³-hybridized carbons (Fsp3) is 0.533. The maximum atomic E-state index is 11.8. The van der Waals surface area contributed by atoms with E-state index in [2.05, 4.69) is 31.1 Å². The highest BCUT2D eigenvalue weighted by atomic mass is 35.5. The van der Waals surface area contributed by atoms with E-state index in [0.717, 1.165) is 13.0 Å². The summed E-state index contributed by atoms with van der Waals surface area (Å²) >= 11 is 6.18. The summed E-state index contributed by atoms with van der Waals surface area (Å²) in [6, 6.07) is 3.70. The molecule has 1 aromatic carbocycles. The summed E-state index contributed by atoms with van der Waals surface area (Å²) in [5, 5.41) is 3.62. The number of methoxy groups -OCH3 is 1. The Kier molecular flexibility index (Phi) is 6.78. The molecule has 0 heterocycles. The molecule has 5 nitrogen and oxygen atoms in total. The molecule has 118 valence electrons. The molecule has 1 unspecified atom stereocenters. The number of anilines is 2. The lowest BCUT2D eigenvalue weighted by molar-refractivity contribution is 0.0602. The Morgan fingerprint density at radius 3 is 2.76 bits per heavy atom. The zero-order valence-electron chi connectivity index (χ0n) is 13.1. The SMILES string of the molecule is CCC(C)N(C)CCNc1c(Cl)cc(N)cc1C(=O)OC. The van der Waals surface area contributed by atoms with E-state index in [1.54, 1.807) is 12.1 Å². The van der Waals surface area contributed by atoms with Gasteiger partial charge < -0.3 is 20.7 Å². The van der Waals surface area contributed by atoms with Crippen LogP contribution >= 0.6 is 11.6 Å². The van der Waals surface area contributed by atoms with Gasteiger partial charge in [-0.05, 0) is 32.5 Å². The minimum atomic E-state index is -0.456. The van der Waals surface area contributed by atoms with Gasteiger partial charge in [0.15, 0.2) is 0 Å². The number of carbonyl (C=O) groups is 1. The summed E-state index contributed by atoms with van der Waals surface area (Å²) in [6.45, 7) is 5.85. The van der Waals surface area contributed by atoms with Crippen LogP contribution in [0, 0.1) is 0 Å². The topological polar surface area (TPSA) is 67.6 Å². The number of nitrogens with one attached hydrogen (secondary N) is 1. The molecule has 0 saturated carbocycles. The van der Waals surface area contributed by atoms with Gasteiger partial charge in [-0.1, -0.05) is 18.5 Å². The fourth-order valence-electron chi connectivity index (χ4n) is 1.97. The van der Waals surface area contributed by atoms with Crippen LogP contribution in [0.4, 0.5) is 11.4 Å². The molecule has 0 aliphatic rings. The Bertz CT molecular complexity index is 494. The fourth-order valence-corrected chi connectivity index (χ4v) is 2.26. The van der Waals surface area contributed by atoms with E-state index in [0.29, 0.717) is 34.5 Å². The molecule has 0 saturated heterocycles. The first-order chi connectivity index (χ1) is 9.90. The van der Waals surface area contributed by atoms with Gasteiger partial charge in [0.1, 0.15) is 0 Å². The maximum absolute atomic E-state index is 11.8. The number of likely N-dealkylation sites (N-methyl/N-ethyl adjacent to an activating group) is 1. The van der Waals surface area contributed by atoms with Crippen molar-refractivity contribution in [3.05, 3.63) is 22.7 Å². The van der Waals surface area contributed by atoms with Crippen molar-refractivity contribution >= 4 is 28.9 Å². The molecular weight excluding hydrogens is 290 g/mol. The van der Waals surface area contributed by atoms with Crippen molar-refractivity contribution in [2.24, 2.45) is 0 Å². The summed E-state index contributed by atoms with van der Waals surface area (Å²) in [5.41, 5.74) is 7.08. The monoisotopic (exact) mass is 313 g/mol. The number of halogens is 1. The lowest BCUT2D eigenvalue weighted by Gasteiger charge is -2.24. The van der Waals surface area contributed by atoms with Gasteiger partial charge in [0.2, 0.25) is 0 Å². The van der Waals surface area contributed by atoms with Crippen molar-refractivity contribution in [2.75, 3.05) is 38.3 Å². The molecule has 21 heavy (non-hydrogen) atoms. The van der Waals surface area contributed by atoms with Crippen LogP contribution in [0.15, 0.2) is 12.1 Å². The third kappa shape index (κ3) is 4.79. The normalized spacial score (nSPS) is 12.3. The number of carbonyl (C=O) groups excluding carboxylic acids is 1. The minimum Gasteiger partial charge on any atom is -0.465 e. The van der Waals surface area contributed by atoms with Gasteiger partial charge in [0.25, 0.3) is 0 Å². The largest absolute Gasteiger partial charge is 0.465 e. The van der Waals surface area contributed by atoms with E-state index >= 15 is 0 Å². The highest BCUT2D eigenvalue weighted by molar-refractivity contribution is 6.34. The first-order valence-corrected chi connectivity index (χ1v) is 7.39. The molecule has 0 radical (unpaired) electrons. The number of hydrogen-bond donors (Lipinski definition) is 2. The molecule has 6 heteroatoms. The van der Waals surface area contributed by atoms with Crippen LogP contribution in [0.1, 0.15) is 30.6 Å². The Morgan fingerprint density at radius 1 is 1.52 bits per heavy atom. The zero-order chi connectivity index (χ0) is 16.0. The average molecular weight is 314 g/mol. The van der Waals surface area contributed by atoms with Gasteiger partial charge in [-0.3, -0.25) is 0 Å². The molecule has 0 amide bonds. The number of nitrogens with zero attached hydrogens (tertiary/aromatic N) is 1. The second-order valence-electron chi connectivity index (χ2n) is 5.08. The maximum Gasteiger partial charge on any atom is 0.340 e. The molecule has 0 aliphatic carbocycles. The van der Waals surface area contributed by atoms with Crippen LogP contribution in [0.2, 0.25) is 5.02 Å². The number of esters is 1. The van der Waals surface area contributed by atoms with Crippen LogP contribution < -0.4 is 11.1 Å². The molecule has 3 N–H and O–H groups in total. The Hall–Kier alpha value is -1.46. The highest BCUT2D eigenvalue weighted by Crippen LogP contribution is 2.29. The molecule has 1 rings (SSSR count). The second kappa shape index (κ2) is 8.10. The molecular formula is C15H24ClN3O2. The molecule has 0 aromatic heterocycles. The van der Waals surface area contributed by atoms with Crippen molar-refractivity contribution in [3.8, 4) is 0 Å². The van der Waals surface area contributed by atoms with Crippen LogP contribution in [0.3, 0.4) is 0 Å². The quantitative estimate of drug-likeness (QED) is 0.598. The van der Waals surface area contributed by atoms with Crippen molar-refractivity contribution in [3.63, 3.8) is 0 Å². The summed E-state index contributed by atoms with van der Waals surface area (Å²) < 4.78 is 4.77. The number of nitrogen functional groups attached to an aromatic ring is 1. The number of ether oxygens (including phenoxy) is 1. The smallest absolute Gasteiger partial charge is 0.340 e. The lowest BCUT2D eigenvalue weighted by atomic mass is 10.1. The highest BCUT2D eigenvalue weighted by Gasteiger charge is 2.16. The van der Waals surface area contributed by atoms with E-state index in [-0.39, 0.29) is 0 Å². The van der Waals surface area contributed by atoms with Gasteiger partial charge in [0.05, 0.1) is 23.4 Å². The Balaban J connectivity index is 2.81. The van der Waals surface area contributed by atoms with Gasteiger partial charge in [-0.25, -0.2) is 4.79 Å². The minimum absolute atomic E-state index is 0.355. The van der Waals surface area contributed by atoms with Gasteiger partial charge >= 0.3 is 5.97 Å². The predicted molar refractivity (Wildman–Crippen MR) is 88.1 cm³/mol. The van der Waals surface area contributed by atoms with E-state index in [4.69, 9.17) is 22.1 Å². The number of hydrogen-bond acceptors (Lipinski definition) is 5. The van der Waals surface area contributed by atoms with Crippen LogP contribution in [0.25, 0.3) is 0 Å². The van der Waals surface area contributed by atoms with Crippen molar-refractivity contribution in [1.82, 2.24) is 4.90 Å². The van der Waals surface area contributed by atoms with Crippen LogP contribution in [-0.4, -0.2) is 44.2 Å². The van der Waals surface area contributed by atoms with Gasteiger partial charge in [-0.15, -0.1) is 0 Å². The number of nitrogens with two attached hydrogens (primary N) is 1. The molecule has 0 aliphatic heterocycles. The van der Waals surface area contributed by atoms with Crippen molar-refractivity contribution in [2.45, 2.75) is 26.3 Å². The molecule has 0 spiro atoms. The first-order valence-electron chi connectivity index (χ1n) is 7.02. The Labute approximate surface area is 131 Å². The second-order valence-corrected chi connectivity index (χ2v) is 5.49. The Morgan fingerprint density at radius 2 is 2.19 bits per heavy atom. The molecule has 1 aromatic rings. The predicted octanol–water partition coefficient (Wildman–Crippen LogP) is 2.85. The summed E-state index contributed by atoms with van der Waals surface area (Å²) in [6.07, 6.45) is 1.09. The van der Waals surface area contributed by atoms with E-state index < -0.39 is 5.97 Å². The zero-order valence-corrected chi connectivity index (χ0v) is 13.8. The van der Waals surface area contributed by atoms with Gasteiger partial charge in [-0.2, -0.15) is 0 Å². The van der Waals surface area contributed by atoms with Crippen LogP contribution in [-0.2, 0) is 4.74 Å². The van der Waals surface area contributed by atoms with Crippen molar-refractivity contribution in [1.29, 1.82) is 0 Å². The van der Waals surface area contributed by atoms with Gasteiger partial charge in [0, 0.05) is 24.8 Å². The standard InChI is InChI=1S/C15H24ClN3O2/c1-5-10(2)19(3)7-6-18-14-12(15(20)21-4)8-11(17)9-13(14)16/h8-10,18H,5-7,17H2,1-4H3. The summed E-state index contributed by atoms with van der Waals surface area (Å²) in [5.74, 6) is -0.456. The third-order valence-electron chi connectivity index (χ3n) is 3.63. The first kappa shape index (κ1) is 17.6. The van der Waals surface area contributed by atoms with E-state index in [9.17, 15) is 4.79 Å². The number of rotatable bonds is 7. The summed E-state index contributed by atoms with van der Waals surface area (Å²) in [7, 11) is 3.40.